The lowest BCUT2D eigenvalue weighted by Crippen LogP contribution is -2.22. The van der Waals surface area contributed by atoms with Gasteiger partial charge in [0.1, 0.15) is 0 Å². The van der Waals surface area contributed by atoms with Crippen LogP contribution in [-0.2, 0) is 6.54 Å². The first-order chi connectivity index (χ1) is 7.36. The third kappa shape index (κ3) is 4.77. The third-order valence-electron chi connectivity index (χ3n) is 2.36. The summed E-state index contributed by atoms with van der Waals surface area (Å²) in [6, 6.07) is 10.5. The summed E-state index contributed by atoms with van der Waals surface area (Å²) in [4.78, 5) is 2.38. The maximum absolute atomic E-state index is 5.40. The van der Waals surface area contributed by atoms with Gasteiger partial charge in [0.05, 0.1) is 0 Å². The second-order valence-corrected chi connectivity index (χ2v) is 3.52. The minimum atomic E-state index is 0.628. The van der Waals surface area contributed by atoms with Gasteiger partial charge in [-0.25, -0.2) is 0 Å². The van der Waals surface area contributed by atoms with Crippen LogP contribution in [0.5, 0.6) is 0 Å². The van der Waals surface area contributed by atoms with Crippen LogP contribution in [0.25, 0.3) is 0 Å². The molecule has 0 aliphatic heterocycles. The first-order valence-corrected chi connectivity index (χ1v) is 5.48. The Balaban J connectivity index is 2.43. The molecule has 0 bridgehead atoms. The van der Waals surface area contributed by atoms with Crippen molar-refractivity contribution in [3.05, 3.63) is 48.0 Å². The van der Waals surface area contributed by atoms with Crippen LogP contribution in [0.1, 0.15) is 12.5 Å². The molecule has 0 heterocycles. The van der Waals surface area contributed by atoms with Gasteiger partial charge in [0.2, 0.25) is 0 Å². The number of nitrogens with two attached hydrogens (primary N) is 1. The molecule has 0 aliphatic carbocycles. The van der Waals surface area contributed by atoms with E-state index in [0.717, 1.165) is 19.6 Å². The van der Waals surface area contributed by atoms with Crippen LogP contribution in [0.15, 0.2) is 42.5 Å². The highest BCUT2D eigenvalue weighted by Crippen LogP contribution is 2.03. The molecule has 2 nitrogen and oxygen atoms in total. The average molecular weight is 204 g/mol. The second-order valence-electron chi connectivity index (χ2n) is 3.52. The molecule has 15 heavy (non-hydrogen) atoms. The van der Waals surface area contributed by atoms with Gasteiger partial charge in [0.25, 0.3) is 0 Å². The van der Waals surface area contributed by atoms with Gasteiger partial charge in [0.15, 0.2) is 0 Å². The molecular formula is C13H20N2. The molecular weight excluding hydrogens is 184 g/mol. The summed E-state index contributed by atoms with van der Waals surface area (Å²) in [5, 5.41) is 0. The number of likely N-dealkylation sites (N-methyl/N-ethyl adjacent to an activating group) is 1. The van der Waals surface area contributed by atoms with Crippen molar-refractivity contribution in [2.24, 2.45) is 5.73 Å². The number of rotatable bonds is 6. The Bertz CT molecular complexity index is 280. The van der Waals surface area contributed by atoms with E-state index in [2.05, 4.69) is 42.2 Å². The van der Waals surface area contributed by atoms with Crippen molar-refractivity contribution in [3.63, 3.8) is 0 Å². The zero-order valence-electron chi connectivity index (χ0n) is 9.39. The minimum absolute atomic E-state index is 0.628. The molecule has 0 aromatic heterocycles. The molecule has 0 atom stereocenters. The van der Waals surface area contributed by atoms with E-state index in [1.54, 1.807) is 0 Å². The lowest BCUT2D eigenvalue weighted by molar-refractivity contribution is 0.311. The smallest absolute Gasteiger partial charge is 0.0236 e. The fraction of sp³-hybridized carbons (Fsp3) is 0.385. The predicted octanol–water partition coefficient (Wildman–Crippen LogP) is 2.02. The highest BCUT2D eigenvalue weighted by atomic mass is 15.1. The lowest BCUT2D eigenvalue weighted by atomic mass is 10.2. The fourth-order valence-electron chi connectivity index (χ4n) is 1.47. The van der Waals surface area contributed by atoms with Crippen LogP contribution < -0.4 is 5.73 Å². The molecule has 1 rings (SSSR count). The van der Waals surface area contributed by atoms with Gasteiger partial charge in [-0.1, -0.05) is 49.4 Å². The normalized spacial score (nSPS) is 11.4. The maximum Gasteiger partial charge on any atom is 0.0236 e. The Hall–Kier alpha value is -1.12. The summed E-state index contributed by atoms with van der Waals surface area (Å²) < 4.78 is 0. The zero-order chi connectivity index (χ0) is 10.9. The Labute approximate surface area is 92.4 Å². The molecule has 0 radical (unpaired) electrons. The van der Waals surface area contributed by atoms with Crippen molar-refractivity contribution >= 4 is 0 Å². The first kappa shape index (κ1) is 12.0. The molecule has 0 amide bonds. The molecule has 1 aromatic carbocycles. The average Bonchev–Trinajstić information content (AvgIpc) is 2.29. The standard InChI is InChI=1S/C13H20N2/c1-2-15(11-7-6-10-14)12-13-8-4-3-5-9-13/h3-9H,2,10-12,14H2,1H3. The molecule has 0 unspecified atom stereocenters. The van der Waals surface area contributed by atoms with Crippen molar-refractivity contribution < 1.29 is 0 Å². The van der Waals surface area contributed by atoms with E-state index in [9.17, 15) is 0 Å². The van der Waals surface area contributed by atoms with Gasteiger partial charge in [0, 0.05) is 19.6 Å². The van der Waals surface area contributed by atoms with E-state index in [1.165, 1.54) is 5.56 Å². The summed E-state index contributed by atoms with van der Waals surface area (Å²) in [6.07, 6.45) is 4.14. The number of benzene rings is 1. The highest BCUT2D eigenvalue weighted by Gasteiger charge is 2.00. The van der Waals surface area contributed by atoms with E-state index in [-0.39, 0.29) is 0 Å². The van der Waals surface area contributed by atoms with Crippen molar-refractivity contribution in [2.75, 3.05) is 19.6 Å². The van der Waals surface area contributed by atoms with Gasteiger partial charge in [-0.2, -0.15) is 0 Å². The predicted molar refractivity (Wildman–Crippen MR) is 65.6 cm³/mol. The first-order valence-electron chi connectivity index (χ1n) is 5.48. The molecule has 0 saturated heterocycles. The van der Waals surface area contributed by atoms with E-state index in [0.29, 0.717) is 6.54 Å². The Kier molecular flexibility index (Phi) is 5.74. The SMILES string of the molecule is CCN(CC=CCN)Cc1ccccc1. The largest absolute Gasteiger partial charge is 0.327 e. The quantitative estimate of drug-likeness (QED) is 0.718. The fourth-order valence-corrected chi connectivity index (χ4v) is 1.47. The summed E-state index contributed by atoms with van der Waals surface area (Å²) in [5.74, 6) is 0. The van der Waals surface area contributed by atoms with E-state index in [1.807, 2.05) is 12.1 Å². The van der Waals surface area contributed by atoms with Crippen LogP contribution in [0.2, 0.25) is 0 Å². The van der Waals surface area contributed by atoms with E-state index < -0.39 is 0 Å². The summed E-state index contributed by atoms with van der Waals surface area (Å²) >= 11 is 0. The molecule has 0 fully saturated rings. The van der Waals surface area contributed by atoms with Crippen molar-refractivity contribution in [2.45, 2.75) is 13.5 Å². The van der Waals surface area contributed by atoms with Crippen LogP contribution in [0, 0.1) is 0 Å². The van der Waals surface area contributed by atoms with Crippen LogP contribution in [0.3, 0.4) is 0 Å². The van der Waals surface area contributed by atoms with Gasteiger partial charge < -0.3 is 5.73 Å². The van der Waals surface area contributed by atoms with Gasteiger partial charge in [-0.3, -0.25) is 4.90 Å². The second kappa shape index (κ2) is 7.21. The summed E-state index contributed by atoms with van der Waals surface area (Å²) in [7, 11) is 0. The van der Waals surface area contributed by atoms with Gasteiger partial charge >= 0.3 is 0 Å². The molecule has 2 heteroatoms. The van der Waals surface area contributed by atoms with E-state index >= 15 is 0 Å². The van der Waals surface area contributed by atoms with Crippen molar-refractivity contribution in [1.82, 2.24) is 4.90 Å². The molecule has 1 aromatic rings. The molecule has 0 spiro atoms. The monoisotopic (exact) mass is 204 g/mol. The zero-order valence-corrected chi connectivity index (χ0v) is 9.39. The Morgan fingerprint density at radius 1 is 1.20 bits per heavy atom. The van der Waals surface area contributed by atoms with Crippen LogP contribution >= 0.6 is 0 Å². The highest BCUT2D eigenvalue weighted by molar-refractivity contribution is 5.14. The van der Waals surface area contributed by atoms with Gasteiger partial charge in [-0.15, -0.1) is 0 Å². The Morgan fingerprint density at radius 3 is 2.53 bits per heavy atom. The molecule has 0 saturated carbocycles. The summed E-state index contributed by atoms with van der Waals surface area (Å²) in [5.41, 5.74) is 6.77. The Morgan fingerprint density at radius 2 is 1.93 bits per heavy atom. The van der Waals surface area contributed by atoms with Gasteiger partial charge in [-0.05, 0) is 12.1 Å². The molecule has 82 valence electrons. The number of hydrogen-bond donors (Lipinski definition) is 1. The van der Waals surface area contributed by atoms with Crippen molar-refractivity contribution in [1.29, 1.82) is 0 Å². The topological polar surface area (TPSA) is 29.3 Å². The lowest BCUT2D eigenvalue weighted by Gasteiger charge is -2.18. The number of nitrogens with zero attached hydrogens (tertiary/aromatic N) is 1. The maximum atomic E-state index is 5.40. The molecule has 2 N–H and O–H groups in total. The molecule has 0 aliphatic rings. The van der Waals surface area contributed by atoms with E-state index in [4.69, 9.17) is 5.73 Å². The third-order valence-corrected chi connectivity index (χ3v) is 2.36. The minimum Gasteiger partial charge on any atom is -0.327 e. The summed E-state index contributed by atoms with van der Waals surface area (Å²) in [6.45, 7) is 5.85. The number of hydrogen-bond acceptors (Lipinski definition) is 2. The van der Waals surface area contributed by atoms with Crippen molar-refractivity contribution in [3.8, 4) is 0 Å². The van der Waals surface area contributed by atoms with Crippen LogP contribution in [0.4, 0.5) is 0 Å². The van der Waals surface area contributed by atoms with Crippen LogP contribution in [-0.4, -0.2) is 24.5 Å².